The lowest BCUT2D eigenvalue weighted by atomic mass is 9.94. The SMILES string of the molecule is Cc1cc(N2CCN(c3cnccn3)CC2)cc2c1OC1(CCCCC1)O2. The van der Waals surface area contributed by atoms with E-state index in [4.69, 9.17) is 9.47 Å². The van der Waals surface area contributed by atoms with Gasteiger partial charge in [0.05, 0.1) is 6.20 Å². The fourth-order valence-corrected chi connectivity index (χ4v) is 4.46. The molecule has 5 rings (SSSR count). The van der Waals surface area contributed by atoms with Gasteiger partial charge in [0.2, 0.25) is 0 Å². The van der Waals surface area contributed by atoms with Crippen LogP contribution in [0, 0.1) is 6.92 Å². The van der Waals surface area contributed by atoms with Crippen molar-refractivity contribution in [1.29, 1.82) is 0 Å². The first-order chi connectivity index (χ1) is 13.2. The summed E-state index contributed by atoms with van der Waals surface area (Å²) >= 11 is 0. The van der Waals surface area contributed by atoms with Gasteiger partial charge in [-0.1, -0.05) is 6.42 Å². The third-order valence-corrected chi connectivity index (χ3v) is 5.94. The number of hydrogen-bond donors (Lipinski definition) is 0. The summed E-state index contributed by atoms with van der Waals surface area (Å²) in [6.07, 6.45) is 10.9. The van der Waals surface area contributed by atoms with E-state index >= 15 is 0 Å². The molecule has 0 radical (unpaired) electrons. The number of fused-ring (bicyclic) bond motifs is 1. The van der Waals surface area contributed by atoms with Crippen LogP contribution in [-0.4, -0.2) is 41.9 Å². The van der Waals surface area contributed by atoms with Crippen LogP contribution in [0.25, 0.3) is 0 Å². The maximum atomic E-state index is 6.36. The molecule has 6 nitrogen and oxygen atoms in total. The fourth-order valence-electron chi connectivity index (χ4n) is 4.46. The first-order valence-electron chi connectivity index (χ1n) is 10.0. The third kappa shape index (κ3) is 3.07. The first kappa shape index (κ1) is 16.7. The van der Waals surface area contributed by atoms with Crippen molar-refractivity contribution in [3.8, 4) is 11.5 Å². The van der Waals surface area contributed by atoms with E-state index in [0.29, 0.717) is 0 Å². The average Bonchev–Trinajstić information content (AvgIpc) is 3.07. The summed E-state index contributed by atoms with van der Waals surface area (Å²) in [6, 6.07) is 4.41. The van der Waals surface area contributed by atoms with Crippen molar-refractivity contribution in [1.82, 2.24) is 9.97 Å². The average molecular weight is 366 g/mol. The van der Waals surface area contributed by atoms with Gasteiger partial charge in [-0.25, -0.2) is 4.98 Å². The molecular formula is C21H26N4O2. The molecule has 1 spiro atoms. The standard InChI is InChI=1S/C21H26N4O2/c1-16-13-17(14-18-20(16)27-21(26-18)5-3-2-4-6-21)24-9-11-25(12-10-24)19-15-22-7-8-23-19/h7-8,13-15H,2-6,9-12H2,1H3. The molecule has 0 unspecified atom stereocenters. The summed E-state index contributed by atoms with van der Waals surface area (Å²) in [5.41, 5.74) is 2.39. The summed E-state index contributed by atoms with van der Waals surface area (Å²) in [5.74, 6) is 2.41. The number of rotatable bonds is 2. The van der Waals surface area contributed by atoms with Crippen LogP contribution in [0.3, 0.4) is 0 Å². The molecule has 1 aliphatic carbocycles. The molecule has 1 aromatic heterocycles. The van der Waals surface area contributed by atoms with Crippen LogP contribution in [0.2, 0.25) is 0 Å². The summed E-state index contributed by atoms with van der Waals surface area (Å²) in [4.78, 5) is 13.3. The third-order valence-electron chi connectivity index (χ3n) is 5.94. The minimum Gasteiger partial charge on any atom is -0.448 e. The van der Waals surface area contributed by atoms with Gasteiger partial charge in [0, 0.05) is 63.2 Å². The lowest BCUT2D eigenvalue weighted by Crippen LogP contribution is -2.46. The monoisotopic (exact) mass is 366 g/mol. The zero-order chi connectivity index (χ0) is 18.3. The van der Waals surface area contributed by atoms with Gasteiger partial charge < -0.3 is 19.3 Å². The Morgan fingerprint density at radius 2 is 1.70 bits per heavy atom. The summed E-state index contributed by atoms with van der Waals surface area (Å²) in [6.45, 7) is 5.93. The van der Waals surface area contributed by atoms with Gasteiger partial charge >= 0.3 is 0 Å². The van der Waals surface area contributed by atoms with Crippen LogP contribution < -0.4 is 19.3 Å². The normalized spacial score (nSPS) is 20.9. The highest BCUT2D eigenvalue weighted by Gasteiger charge is 2.43. The van der Waals surface area contributed by atoms with Crippen molar-refractivity contribution in [2.24, 2.45) is 0 Å². The molecular weight excluding hydrogens is 340 g/mol. The lowest BCUT2D eigenvalue weighted by Gasteiger charge is -2.36. The second kappa shape index (κ2) is 6.59. The Balaban J connectivity index is 1.32. The van der Waals surface area contributed by atoms with Crippen molar-refractivity contribution in [2.75, 3.05) is 36.0 Å². The van der Waals surface area contributed by atoms with Crippen molar-refractivity contribution < 1.29 is 9.47 Å². The van der Waals surface area contributed by atoms with E-state index in [9.17, 15) is 0 Å². The molecule has 1 saturated heterocycles. The molecule has 0 bridgehead atoms. The van der Waals surface area contributed by atoms with E-state index in [2.05, 4.69) is 38.8 Å². The van der Waals surface area contributed by atoms with Crippen LogP contribution in [-0.2, 0) is 0 Å². The maximum absolute atomic E-state index is 6.36. The molecule has 0 N–H and O–H groups in total. The molecule has 1 aromatic carbocycles. The van der Waals surface area contributed by atoms with Crippen molar-refractivity contribution in [3.05, 3.63) is 36.3 Å². The van der Waals surface area contributed by atoms with Gasteiger partial charge in [0.25, 0.3) is 5.79 Å². The molecule has 0 amide bonds. The highest BCUT2D eigenvalue weighted by atomic mass is 16.7. The van der Waals surface area contributed by atoms with E-state index < -0.39 is 5.79 Å². The minimum atomic E-state index is -0.408. The summed E-state index contributed by atoms with van der Waals surface area (Å²) < 4.78 is 12.7. The number of benzene rings is 1. The van der Waals surface area contributed by atoms with Crippen LogP contribution in [0.4, 0.5) is 11.5 Å². The Hall–Kier alpha value is -2.50. The largest absolute Gasteiger partial charge is 0.448 e. The van der Waals surface area contributed by atoms with Gasteiger partial charge in [-0.05, 0) is 31.4 Å². The van der Waals surface area contributed by atoms with E-state index in [0.717, 1.165) is 56.3 Å². The fraction of sp³-hybridized carbons (Fsp3) is 0.524. The Kier molecular flexibility index (Phi) is 4.06. The number of ether oxygens (including phenoxy) is 2. The van der Waals surface area contributed by atoms with Gasteiger partial charge in [-0.15, -0.1) is 0 Å². The molecule has 142 valence electrons. The molecule has 1 saturated carbocycles. The molecule has 2 fully saturated rings. The Morgan fingerprint density at radius 3 is 2.44 bits per heavy atom. The van der Waals surface area contributed by atoms with E-state index in [1.54, 1.807) is 12.4 Å². The van der Waals surface area contributed by atoms with Crippen molar-refractivity contribution in [2.45, 2.75) is 44.8 Å². The van der Waals surface area contributed by atoms with Gasteiger partial charge in [-0.2, -0.15) is 0 Å². The Morgan fingerprint density at radius 1 is 0.926 bits per heavy atom. The lowest BCUT2D eigenvalue weighted by molar-refractivity contribution is -0.105. The van der Waals surface area contributed by atoms with E-state index in [-0.39, 0.29) is 0 Å². The van der Waals surface area contributed by atoms with E-state index in [1.807, 2.05) is 6.20 Å². The number of piperazine rings is 1. The van der Waals surface area contributed by atoms with Crippen LogP contribution in [0.15, 0.2) is 30.7 Å². The number of nitrogens with zero attached hydrogens (tertiary/aromatic N) is 4. The second-order valence-electron chi connectivity index (χ2n) is 7.80. The number of aryl methyl sites for hydroxylation is 1. The second-order valence-corrected chi connectivity index (χ2v) is 7.80. The summed E-state index contributed by atoms with van der Waals surface area (Å²) in [5, 5.41) is 0. The van der Waals surface area contributed by atoms with Crippen molar-refractivity contribution >= 4 is 11.5 Å². The van der Waals surface area contributed by atoms with E-state index in [1.165, 1.54) is 30.5 Å². The molecule has 27 heavy (non-hydrogen) atoms. The van der Waals surface area contributed by atoms with Crippen LogP contribution >= 0.6 is 0 Å². The Bertz CT molecular complexity index is 812. The molecule has 0 atom stereocenters. The number of anilines is 2. The quantitative estimate of drug-likeness (QED) is 0.810. The van der Waals surface area contributed by atoms with Gasteiger partial charge in [0.15, 0.2) is 11.5 Å². The highest BCUT2D eigenvalue weighted by Crippen LogP contribution is 2.48. The smallest absolute Gasteiger partial charge is 0.251 e. The number of hydrogen-bond acceptors (Lipinski definition) is 6. The summed E-state index contributed by atoms with van der Waals surface area (Å²) in [7, 11) is 0. The molecule has 3 aliphatic rings. The Labute approximate surface area is 160 Å². The van der Waals surface area contributed by atoms with Crippen LogP contribution in [0.5, 0.6) is 11.5 Å². The molecule has 2 aliphatic heterocycles. The molecule has 3 heterocycles. The number of aromatic nitrogens is 2. The van der Waals surface area contributed by atoms with Gasteiger partial charge in [0.1, 0.15) is 5.82 Å². The van der Waals surface area contributed by atoms with Crippen LogP contribution in [0.1, 0.15) is 37.7 Å². The zero-order valence-corrected chi connectivity index (χ0v) is 15.9. The zero-order valence-electron chi connectivity index (χ0n) is 15.9. The van der Waals surface area contributed by atoms with Crippen molar-refractivity contribution in [3.63, 3.8) is 0 Å². The minimum absolute atomic E-state index is 0.408. The molecule has 2 aromatic rings. The maximum Gasteiger partial charge on any atom is 0.251 e. The topological polar surface area (TPSA) is 50.7 Å². The van der Waals surface area contributed by atoms with Gasteiger partial charge in [-0.3, -0.25) is 4.98 Å². The highest BCUT2D eigenvalue weighted by molar-refractivity contribution is 5.62. The molecule has 6 heteroatoms. The predicted molar refractivity (Wildman–Crippen MR) is 105 cm³/mol. The first-order valence-corrected chi connectivity index (χ1v) is 10.0. The predicted octanol–water partition coefficient (Wildman–Crippen LogP) is 3.54.